The molecule has 0 aromatic heterocycles. The molecule has 0 fully saturated rings. The highest BCUT2D eigenvalue weighted by atomic mass is 79.9. The molecular weight excluding hydrogens is 257 g/mol. The summed E-state index contributed by atoms with van der Waals surface area (Å²) < 4.78 is 13.5. The van der Waals surface area contributed by atoms with Crippen LogP contribution in [0.5, 0.6) is 0 Å². The lowest BCUT2D eigenvalue weighted by molar-refractivity contribution is 0.521. The highest BCUT2D eigenvalue weighted by Crippen LogP contribution is 2.25. The van der Waals surface area contributed by atoms with Crippen LogP contribution < -0.4 is 5.73 Å². The maximum absolute atomic E-state index is 13.0. The van der Waals surface area contributed by atoms with Gasteiger partial charge in [-0.2, -0.15) is 0 Å². The Bertz CT molecular complexity index is 327. The first-order chi connectivity index (χ1) is 7.06. The molecule has 2 unspecified atom stereocenters. The number of rotatable bonds is 4. The zero-order valence-corrected chi connectivity index (χ0v) is 10.7. The summed E-state index contributed by atoms with van der Waals surface area (Å²) in [6, 6.07) is 5.25. The molecule has 1 aromatic rings. The topological polar surface area (TPSA) is 26.0 Å². The minimum absolute atomic E-state index is 0.146. The zero-order chi connectivity index (χ0) is 11.4. The average Bonchev–Trinajstić information content (AvgIpc) is 2.21. The molecule has 0 heterocycles. The Balaban J connectivity index is 2.81. The van der Waals surface area contributed by atoms with Gasteiger partial charge in [-0.25, -0.2) is 4.39 Å². The van der Waals surface area contributed by atoms with E-state index in [0.717, 1.165) is 18.4 Å². The third kappa shape index (κ3) is 3.28. The fourth-order valence-electron chi connectivity index (χ4n) is 1.63. The van der Waals surface area contributed by atoms with Crippen LogP contribution in [0.1, 0.15) is 38.2 Å². The molecule has 1 rings (SSSR count). The Morgan fingerprint density at radius 1 is 1.47 bits per heavy atom. The number of hydrogen-bond acceptors (Lipinski definition) is 1. The van der Waals surface area contributed by atoms with Crippen LogP contribution in [0.3, 0.4) is 0 Å². The molecule has 0 spiro atoms. The van der Waals surface area contributed by atoms with E-state index < -0.39 is 0 Å². The number of hydrogen-bond donors (Lipinski definition) is 1. The van der Waals surface area contributed by atoms with Crippen molar-refractivity contribution < 1.29 is 4.39 Å². The van der Waals surface area contributed by atoms with E-state index in [-0.39, 0.29) is 17.8 Å². The molecule has 0 saturated heterocycles. The summed E-state index contributed by atoms with van der Waals surface area (Å²) in [7, 11) is 0. The summed E-state index contributed by atoms with van der Waals surface area (Å²) in [5, 5.41) is 0. The molecule has 1 aromatic carbocycles. The van der Waals surface area contributed by atoms with E-state index in [1.54, 1.807) is 6.07 Å². The molecule has 0 amide bonds. The average molecular weight is 274 g/mol. The molecule has 0 aliphatic rings. The molecule has 0 aliphatic heterocycles. The Morgan fingerprint density at radius 2 is 2.13 bits per heavy atom. The molecule has 0 aliphatic carbocycles. The number of halogens is 2. The highest BCUT2D eigenvalue weighted by molar-refractivity contribution is 9.10. The second-order valence-corrected chi connectivity index (χ2v) is 4.77. The van der Waals surface area contributed by atoms with Crippen molar-refractivity contribution in [1.29, 1.82) is 0 Å². The molecular formula is C12H17BrFN. The molecule has 1 nitrogen and oxygen atoms in total. The van der Waals surface area contributed by atoms with Gasteiger partial charge in [-0.05, 0) is 46.0 Å². The van der Waals surface area contributed by atoms with Crippen molar-refractivity contribution in [2.24, 2.45) is 5.73 Å². The van der Waals surface area contributed by atoms with Crippen molar-refractivity contribution in [2.45, 2.75) is 38.6 Å². The molecule has 2 N–H and O–H groups in total. The first-order valence-electron chi connectivity index (χ1n) is 5.26. The van der Waals surface area contributed by atoms with Gasteiger partial charge in [-0.1, -0.05) is 26.3 Å². The predicted octanol–water partition coefficient (Wildman–Crippen LogP) is 3.82. The van der Waals surface area contributed by atoms with Crippen LogP contribution >= 0.6 is 15.9 Å². The SMILES string of the molecule is CCCC(N)C(C)c1ccc(F)c(Br)c1. The van der Waals surface area contributed by atoms with Crippen LogP contribution in [0.15, 0.2) is 22.7 Å². The van der Waals surface area contributed by atoms with Gasteiger partial charge in [0.25, 0.3) is 0 Å². The third-order valence-electron chi connectivity index (χ3n) is 2.73. The Morgan fingerprint density at radius 3 is 2.67 bits per heavy atom. The Hall–Kier alpha value is -0.410. The lowest BCUT2D eigenvalue weighted by Crippen LogP contribution is -2.26. The van der Waals surface area contributed by atoms with Crippen LogP contribution in [0, 0.1) is 5.82 Å². The summed E-state index contributed by atoms with van der Waals surface area (Å²) >= 11 is 3.19. The van der Waals surface area contributed by atoms with Gasteiger partial charge in [0.2, 0.25) is 0 Å². The van der Waals surface area contributed by atoms with E-state index in [4.69, 9.17) is 5.73 Å². The van der Waals surface area contributed by atoms with Crippen LogP contribution in [-0.2, 0) is 0 Å². The molecule has 84 valence electrons. The maximum Gasteiger partial charge on any atom is 0.137 e. The lowest BCUT2D eigenvalue weighted by atomic mass is 9.91. The van der Waals surface area contributed by atoms with Gasteiger partial charge < -0.3 is 5.73 Å². The molecule has 0 bridgehead atoms. The summed E-state index contributed by atoms with van der Waals surface area (Å²) in [6.07, 6.45) is 2.07. The standard InChI is InChI=1S/C12H17BrFN/c1-3-4-12(15)8(2)9-5-6-11(14)10(13)7-9/h5-8,12H,3-4,15H2,1-2H3. The van der Waals surface area contributed by atoms with Gasteiger partial charge in [0, 0.05) is 6.04 Å². The van der Waals surface area contributed by atoms with Gasteiger partial charge in [0.1, 0.15) is 5.82 Å². The lowest BCUT2D eigenvalue weighted by Gasteiger charge is -2.20. The third-order valence-corrected chi connectivity index (χ3v) is 3.34. The van der Waals surface area contributed by atoms with E-state index in [1.165, 1.54) is 6.07 Å². The van der Waals surface area contributed by atoms with Gasteiger partial charge in [0.15, 0.2) is 0 Å². The van der Waals surface area contributed by atoms with Gasteiger partial charge in [-0.15, -0.1) is 0 Å². The molecule has 3 heteroatoms. The van der Waals surface area contributed by atoms with Crippen LogP contribution in [-0.4, -0.2) is 6.04 Å². The largest absolute Gasteiger partial charge is 0.327 e. The van der Waals surface area contributed by atoms with Gasteiger partial charge >= 0.3 is 0 Å². The summed E-state index contributed by atoms with van der Waals surface area (Å²) in [5.74, 6) is 0.0388. The van der Waals surface area contributed by atoms with E-state index in [2.05, 4.69) is 29.8 Å². The Kier molecular flexibility index (Phi) is 4.74. The monoisotopic (exact) mass is 273 g/mol. The first-order valence-corrected chi connectivity index (χ1v) is 6.06. The number of benzene rings is 1. The molecule has 0 saturated carbocycles. The van der Waals surface area contributed by atoms with Crippen LogP contribution in [0.25, 0.3) is 0 Å². The van der Waals surface area contributed by atoms with Gasteiger partial charge in [-0.3, -0.25) is 0 Å². The van der Waals surface area contributed by atoms with Crippen molar-refractivity contribution in [3.05, 3.63) is 34.1 Å². The first kappa shape index (κ1) is 12.7. The predicted molar refractivity (Wildman–Crippen MR) is 65.4 cm³/mol. The fraction of sp³-hybridized carbons (Fsp3) is 0.500. The summed E-state index contributed by atoms with van der Waals surface area (Å²) in [6.45, 7) is 4.20. The second-order valence-electron chi connectivity index (χ2n) is 3.91. The molecule has 15 heavy (non-hydrogen) atoms. The van der Waals surface area contributed by atoms with Crippen molar-refractivity contribution in [3.8, 4) is 0 Å². The highest BCUT2D eigenvalue weighted by Gasteiger charge is 2.14. The van der Waals surface area contributed by atoms with E-state index in [1.807, 2.05) is 6.07 Å². The fourth-order valence-corrected chi connectivity index (χ4v) is 2.02. The number of nitrogens with two attached hydrogens (primary N) is 1. The summed E-state index contributed by atoms with van der Waals surface area (Å²) in [4.78, 5) is 0. The van der Waals surface area contributed by atoms with Gasteiger partial charge in [0.05, 0.1) is 4.47 Å². The van der Waals surface area contributed by atoms with E-state index in [9.17, 15) is 4.39 Å². The normalized spacial score (nSPS) is 15.0. The smallest absolute Gasteiger partial charge is 0.137 e. The minimum Gasteiger partial charge on any atom is -0.327 e. The van der Waals surface area contributed by atoms with E-state index >= 15 is 0 Å². The molecule has 2 atom stereocenters. The van der Waals surface area contributed by atoms with Crippen LogP contribution in [0.4, 0.5) is 4.39 Å². The Labute approximate surface area is 99.0 Å². The molecule has 0 radical (unpaired) electrons. The second kappa shape index (κ2) is 5.61. The van der Waals surface area contributed by atoms with Crippen molar-refractivity contribution in [3.63, 3.8) is 0 Å². The van der Waals surface area contributed by atoms with Crippen LogP contribution in [0.2, 0.25) is 0 Å². The maximum atomic E-state index is 13.0. The zero-order valence-electron chi connectivity index (χ0n) is 9.13. The van der Waals surface area contributed by atoms with Crippen molar-refractivity contribution >= 4 is 15.9 Å². The van der Waals surface area contributed by atoms with E-state index in [0.29, 0.717) is 4.47 Å². The summed E-state index contributed by atoms with van der Waals surface area (Å²) in [5.41, 5.74) is 7.13. The quantitative estimate of drug-likeness (QED) is 0.887. The van der Waals surface area contributed by atoms with Crippen molar-refractivity contribution in [1.82, 2.24) is 0 Å². The van der Waals surface area contributed by atoms with Crippen molar-refractivity contribution in [2.75, 3.05) is 0 Å². The minimum atomic E-state index is -0.227.